The Hall–Kier alpha value is -3.32. The van der Waals surface area contributed by atoms with Gasteiger partial charge >= 0.3 is 0 Å². The van der Waals surface area contributed by atoms with E-state index in [2.05, 4.69) is 50.0 Å². The van der Waals surface area contributed by atoms with Gasteiger partial charge in [0.05, 0.1) is 5.69 Å². The van der Waals surface area contributed by atoms with E-state index in [1.54, 1.807) is 4.68 Å². The summed E-state index contributed by atoms with van der Waals surface area (Å²) in [6, 6.07) is 17.8. The number of carbonyl (C=O) groups is 1. The van der Waals surface area contributed by atoms with E-state index in [1.165, 1.54) is 11.9 Å². The second-order valence-corrected chi connectivity index (χ2v) is 7.18. The third-order valence-electron chi connectivity index (χ3n) is 5.18. The molecule has 1 amide bonds. The van der Waals surface area contributed by atoms with Crippen LogP contribution in [-0.2, 0) is 4.79 Å². The quantitative estimate of drug-likeness (QED) is 0.702. The van der Waals surface area contributed by atoms with Crippen LogP contribution in [0.2, 0.25) is 0 Å². The SMILES string of the molecule is O=C(Nc1ccc(-n2cnnn2)cc1)C1CCN(C/C=C/c2ccccc2)CC1. The summed E-state index contributed by atoms with van der Waals surface area (Å²) < 4.78 is 1.58. The van der Waals surface area contributed by atoms with Crippen molar-refractivity contribution < 1.29 is 4.79 Å². The summed E-state index contributed by atoms with van der Waals surface area (Å²) in [5.74, 6) is 0.156. The molecule has 1 aromatic heterocycles. The lowest BCUT2D eigenvalue weighted by atomic mass is 9.95. The van der Waals surface area contributed by atoms with Crippen molar-refractivity contribution in [2.24, 2.45) is 5.92 Å². The lowest BCUT2D eigenvalue weighted by Gasteiger charge is -2.30. The van der Waals surface area contributed by atoms with E-state index >= 15 is 0 Å². The average Bonchev–Trinajstić information content (AvgIpc) is 3.30. The molecule has 0 atom stereocenters. The number of hydrogen-bond acceptors (Lipinski definition) is 5. The third-order valence-corrected chi connectivity index (χ3v) is 5.18. The van der Waals surface area contributed by atoms with Crippen molar-refractivity contribution >= 4 is 17.7 Å². The van der Waals surface area contributed by atoms with Crippen molar-refractivity contribution in [1.29, 1.82) is 0 Å². The Morgan fingerprint density at radius 2 is 1.83 bits per heavy atom. The summed E-state index contributed by atoms with van der Waals surface area (Å²) in [6.45, 7) is 2.80. The van der Waals surface area contributed by atoms with Crippen molar-refractivity contribution in [3.8, 4) is 5.69 Å². The van der Waals surface area contributed by atoms with Crippen LogP contribution < -0.4 is 5.32 Å². The molecule has 3 aromatic rings. The molecule has 2 heterocycles. The minimum atomic E-state index is 0.0588. The molecule has 0 spiro atoms. The van der Waals surface area contributed by atoms with Crippen molar-refractivity contribution in [3.63, 3.8) is 0 Å². The molecular weight excluding hydrogens is 364 g/mol. The van der Waals surface area contributed by atoms with Crippen LogP contribution in [0.5, 0.6) is 0 Å². The highest BCUT2D eigenvalue weighted by molar-refractivity contribution is 5.92. The highest BCUT2D eigenvalue weighted by atomic mass is 16.1. The number of anilines is 1. The van der Waals surface area contributed by atoms with Crippen LogP contribution in [0, 0.1) is 5.92 Å². The summed E-state index contributed by atoms with van der Waals surface area (Å²) in [5, 5.41) is 14.1. The summed E-state index contributed by atoms with van der Waals surface area (Å²) in [5.41, 5.74) is 2.86. The van der Waals surface area contributed by atoms with Gasteiger partial charge in [-0.3, -0.25) is 9.69 Å². The number of amides is 1. The van der Waals surface area contributed by atoms with E-state index in [9.17, 15) is 4.79 Å². The summed E-state index contributed by atoms with van der Waals surface area (Å²) in [4.78, 5) is 15.0. The first-order chi connectivity index (χ1) is 14.3. The lowest BCUT2D eigenvalue weighted by molar-refractivity contribution is -0.121. The number of likely N-dealkylation sites (tertiary alicyclic amines) is 1. The Balaban J connectivity index is 1.23. The number of hydrogen-bond donors (Lipinski definition) is 1. The lowest BCUT2D eigenvalue weighted by Crippen LogP contribution is -2.38. The van der Waals surface area contributed by atoms with E-state index in [0.29, 0.717) is 0 Å². The predicted molar refractivity (Wildman–Crippen MR) is 112 cm³/mol. The number of piperidine rings is 1. The molecule has 29 heavy (non-hydrogen) atoms. The van der Waals surface area contributed by atoms with E-state index in [4.69, 9.17) is 0 Å². The van der Waals surface area contributed by atoms with Gasteiger partial charge in [-0.2, -0.15) is 0 Å². The van der Waals surface area contributed by atoms with Gasteiger partial charge in [-0.1, -0.05) is 42.5 Å². The minimum Gasteiger partial charge on any atom is -0.326 e. The number of nitrogens with zero attached hydrogens (tertiary/aromatic N) is 5. The van der Waals surface area contributed by atoms with Gasteiger partial charge in [0.2, 0.25) is 5.91 Å². The van der Waals surface area contributed by atoms with E-state index in [1.807, 2.05) is 42.5 Å². The largest absolute Gasteiger partial charge is 0.326 e. The van der Waals surface area contributed by atoms with Gasteiger partial charge in [0.15, 0.2) is 0 Å². The van der Waals surface area contributed by atoms with Crippen LogP contribution in [0.1, 0.15) is 18.4 Å². The van der Waals surface area contributed by atoms with Gasteiger partial charge < -0.3 is 5.32 Å². The maximum atomic E-state index is 12.6. The maximum absolute atomic E-state index is 12.6. The number of nitrogens with one attached hydrogen (secondary N) is 1. The fourth-order valence-corrected chi connectivity index (χ4v) is 3.50. The Morgan fingerprint density at radius 1 is 1.07 bits per heavy atom. The molecule has 2 aromatic carbocycles. The molecule has 0 saturated carbocycles. The Kier molecular flexibility index (Phi) is 6.07. The molecule has 1 fully saturated rings. The molecule has 148 valence electrons. The van der Waals surface area contributed by atoms with Crippen LogP contribution in [0.3, 0.4) is 0 Å². The fourth-order valence-electron chi connectivity index (χ4n) is 3.50. The zero-order chi connectivity index (χ0) is 19.9. The van der Waals surface area contributed by atoms with Gasteiger partial charge in [-0.05, 0) is 66.2 Å². The van der Waals surface area contributed by atoms with Gasteiger partial charge in [0, 0.05) is 18.2 Å². The zero-order valence-corrected chi connectivity index (χ0v) is 16.2. The summed E-state index contributed by atoms with van der Waals surface area (Å²) >= 11 is 0. The molecule has 1 aliphatic rings. The molecule has 0 unspecified atom stereocenters. The Bertz CT molecular complexity index is 929. The van der Waals surface area contributed by atoms with Crippen molar-refractivity contribution in [3.05, 3.63) is 72.6 Å². The van der Waals surface area contributed by atoms with Crippen molar-refractivity contribution in [2.45, 2.75) is 12.8 Å². The highest BCUT2D eigenvalue weighted by Gasteiger charge is 2.24. The zero-order valence-electron chi connectivity index (χ0n) is 16.2. The van der Waals surface area contributed by atoms with Gasteiger partial charge in [0.1, 0.15) is 6.33 Å². The smallest absolute Gasteiger partial charge is 0.227 e. The average molecular weight is 388 g/mol. The molecule has 4 rings (SSSR count). The molecule has 1 N–H and O–H groups in total. The molecule has 7 nitrogen and oxygen atoms in total. The Labute approximate surface area is 170 Å². The van der Waals surface area contributed by atoms with Crippen molar-refractivity contribution in [1.82, 2.24) is 25.1 Å². The molecular formula is C22H24N6O. The molecule has 7 heteroatoms. The Morgan fingerprint density at radius 3 is 2.52 bits per heavy atom. The van der Waals surface area contributed by atoms with Crippen LogP contribution in [0.25, 0.3) is 11.8 Å². The van der Waals surface area contributed by atoms with E-state index in [-0.39, 0.29) is 11.8 Å². The summed E-state index contributed by atoms with van der Waals surface area (Å²) in [7, 11) is 0. The van der Waals surface area contributed by atoms with Gasteiger partial charge in [0.25, 0.3) is 0 Å². The standard InChI is InChI=1S/C22H24N6O/c29-22(24-20-8-10-21(11-9-20)28-17-23-25-26-28)19-12-15-27(16-13-19)14-4-7-18-5-2-1-3-6-18/h1-11,17,19H,12-16H2,(H,24,29)/b7-4+. The van der Waals surface area contributed by atoms with Crippen LogP contribution in [0.15, 0.2) is 67.0 Å². The first-order valence-corrected chi connectivity index (χ1v) is 9.86. The predicted octanol–water partition coefficient (Wildman–Crippen LogP) is 3.03. The normalized spacial score (nSPS) is 15.6. The number of benzene rings is 2. The molecule has 1 saturated heterocycles. The second kappa shape index (κ2) is 9.25. The van der Waals surface area contributed by atoms with Crippen LogP contribution in [-0.4, -0.2) is 50.6 Å². The first-order valence-electron chi connectivity index (χ1n) is 9.86. The van der Waals surface area contributed by atoms with Crippen molar-refractivity contribution in [2.75, 3.05) is 25.0 Å². The minimum absolute atomic E-state index is 0.0588. The van der Waals surface area contributed by atoms with E-state index < -0.39 is 0 Å². The number of carbonyl (C=O) groups excluding carboxylic acids is 1. The molecule has 0 bridgehead atoms. The number of rotatable bonds is 6. The number of aromatic nitrogens is 4. The molecule has 0 aliphatic carbocycles. The monoisotopic (exact) mass is 388 g/mol. The molecule has 1 aliphatic heterocycles. The second-order valence-electron chi connectivity index (χ2n) is 7.18. The first kappa shape index (κ1) is 19.0. The maximum Gasteiger partial charge on any atom is 0.227 e. The fraction of sp³-hybridized carbons (Fsp3) is 0.273. The number of tetrazole rings is 1. The summed E-state index contributed by atoms with van der Waals surface area (Å²) in [6.07, 6.45) is 7.65. The van der Waals surface area contributed by atoms with Gasteiger partial charge in [-0.15, -0.1) is 5.10 Å². The van der Waals surface area contributed by atoms with E-state index in [0.717, 1.165) is 43.9 Å². The third kappa shape index (κ3) is 5.14. The topological polar surface area (TPSA) is 75.9 Å². The highest BCUT2D eigenvalue weighted by Crippen LogP contribution is 2.20. The molecule has 0 radical (unpaired) electrons. The van der Waals surface area contributed by atoms with Crippen LogP contribution in [0.4, 0.5) is 5.69 Å². The van der Waals surface area contributed by atoms with Gasteiger partial charge in [-0.25, -0.2) is 4.68 Å². The van der Waals surface area contributed by atoms with Crippen LogP contribution >= 0.6 is 0 Å².